The molecule has 1 unspecified atom stereocenters. The van der Waals surface area contributed by atoms with E-state index >= 15 is 0 Å². The Morgan fingerprint density at radius 3 is 2.53 bits per heavy atom. The monoisotopic (exact) mass is 206 g/mol. The van der Waals surface area contributed by atoms with Gasteiger partial charge in [0.1, 0.15) is 5.78 Å². The Labute approximate surface area is 91.3 Å². The number of benzene rings is 1. The Kier molecular flexibility index (Phi) is 5.05. The van der Waals surface area contributed by atoms with Crippen LogP contribution in [0.3, 0.4) is 0 Å². The lowest BCUT2D eigenvalue weighted by Gasteiger charge is -2.14. The maximum absolute atomic E-state index is 11.9. The molecule has 1 aromatic rings. The zero-order chi connectivity index (χ0) is 11.1. The van der Waals surface area contributed by atoms with Crippen LogP contribution in [0.1, 0.15) is 31.2 Å². The van der Waals surface area contributed by atoms with Crippen LogP contribution in [0.5, 0.6) is 0 Å². The second-order valence-electron chi connectivity index (χ2n) is 3.63. The minimum absolute atomic E-state index is 0.101. The number of methoxy groups -OCH3 is 1. The van der Waals surface area contributed by atoms with Gasteiger partial charge in [0.2, 0.25) is 0 Å². The van der Waals surface area contributed by atoms with E-state index in [9.17, 15) is 4.79 Å². The van der Waals surface area contributed by atoms with Gasteiger partial charge < -0.3 is 4.74 Å². The highest BCUT2D eigenvalue weighted by Gasteiger charge is 2.18. The maximum atomic E-state index is 11.9. The van der Waals surface area contributed by atoms with E-state index in [-0.39, 0.29) is 11.7 Å². The number of hydrogen-bond acceptors (Lipinski definition) is 2. The van der Waals surface area contributed by atoms with Gasteiger partial charge in [-0.3, -0.25) is 4.79 Å². The number of rotatable bonds is 6. The van der Waals surface area contributed by atoms with E-state index in [0.717, 1.165) is 12.0 Å². The standard InChI is InChI=1S/C13H18O2/c1-3-7-13(14)12(10-15-2)11-8-5-4-6-9-11/h4-6,8-9,12H,3,7,10H2,1-2H3. The summed E-state index contributed by atoms with van der Waals surface area (Å²) in [6, 6.07) is 9.83. The van der Waals surface area contributed by atoms with Crippen molar-refractivity contribution in [3.63, 3.8) is 0 Å². The minimum Gasteiger partial charge on any atom is -0.384 e. The molecule has 0 aliphatic rings. The van der Waals surface area contributed by atoms with Gasteiger partial charge in [0, 0.05) is 13.5 Å². The lowest BCUT2D eigenvalue weighted by atomic mass is 9.93. The van der Waals surface area contributed by atoms with Gasteiger partial charge in [0.15, 0.2) is 0 Å². The normalized spacial score (nSPS) is 12.4. The summed E-state index contributed by atoms with van der Waals surface area (Å²) in [5.41, 5.74) is 1.05. The first-order valence-corrected chi connectivity index (χ1v) is 5.36. The maximum Gasteiger partial charge on any atom is 0.142 e. The lowest BCUT2D eigenvalue weighted by Crippen LogP contribution is -2.17. The smallest absolute Gasteiger partial charge is 0.142 e. The predicted octanol–water partition coefficient (Wildman–Crippen LogP) is 2.79. The van der Waals surface area contributed by atoms with Crippen molar-refractivity contribution in [2.24, 2.45) is 0 Å². The first-order valence-electron chi connectivity index (χ1n) is 5.36. The molecule has 1 atom stereocenters. The highest BCUT2D eigenvalue weighted by molar-refractivity contribution is 5.85. The van der Waals surface area contributed by atoms with Gasteiger partial charge in [-0.05, 0) is 12.0 Å². The van der Waals surface area contributed by atoms with E-state index in [2.05, 4.69) is 0 Å². The molecule has 0 aromatic heterocycles. The number of Topliss-reactive ketones (excluding diaryl/α,β-unsaturated/α-hetero) is 1. The molecule has 0 aliphatic heterocycles. The average Bonchev–Trinajstić information content (AvgIpc) is 2.27. The molecule has 1 aromatic carbocycles. The topological polar surface area (TPSA) is 26.3 Å². The quantitative estimate of drug-likeness (QED) is 0.715. The van der Waals surface area contributed by atoms with Crippen molar-refractivity contribution >= 4 is 5.78 Å². The number of carbonyl (C=O) groups excluding carboxylic acids is 1. The molecule has 0 spiro atoms. The lowest BCUT2D eigenvalue weighted by molar-refractivity contribution is -0.121. The third-order valence-corrected chi connectivity index (χ3v) is 2.42. The van der Waals surface area contributed by atoms with Crippen LogP contribution in [0.2, 0.25) is 0 Å². The summed E-state index contributed by atoms with van der Waals surface area (Å²) in [6.07, 6.45) is 1.52. The summed E-state index contributed by atoms with van der Waals surface area (Å²) in [5.74, 6) is 0.168. The van der Waals surface area contributed by atoms with E-state index in [0.29, 0.717) is 13.0 Å². The van der Waals surface area contributed by atoms with Crippen LogP contribution >= 0.6 is 0 Å². The van der Waals surface area contributed by atoms with Crippen molar-refractivity contribution in [1.82, 2.24) is 0 Å². The van der Waals surface area contributed by atoms with Gasteiger partial charge in [-0.15, -0.1) is 0 Å². The van der Waals surface area contributed by atoms with Gasteiger partial charge >= 0.3 is 0 Å². The van der Waals surface area contributed by atoms with Crippen LogP contribution in [-0.2, 0) is 9.53 Å². The molecule has 15 heavy (non-hydrogen) atoms. The van der Waals surface area contributed by atoms with Gasteiger partial charge in [-0.1, -0.05) is 37.3 Å². The fraction of sp³-hybridized carbons (Fsp3) is 0.462. The van der Waals surface area contributed by atoms with Crippen molar-refractivity contribution in [2.75, 3.05) is 13.7 Å². The van der Waals surface area contributed by atoms with Crippen molar-refractivity contribution in [3.8, 4) is 0 Å². The fourth-order valence-electron chi connectivity index (χ4n) is 1.65. The summed E-state index contributed by atoms with van der Waals surface area (Å²) in [4.78, 5) is 11.9. The minimum atomic E-state index is -0.101. The summed E-state index contributed by atoms with van der Waals surface area (Å²) in [6.45, 7) is 2.50. The van der Waals surface area contributed by atoms with E-state index in [1.807, 2.05) is 37.3 Å². The molecule has 0 N–H and O–H groups in total. The molecule has 0 bridgehead atoms. The van der Waals surface area contributed by atoms with Crippen LogP contribution in [0, 0.1) is 0 Å². The second kappa shape index (κ2) is 6.36. The molecule has 0 fully saturated rings. The second-order valence-corrected chi connectivity index (χ2v) is 3.63. The highest BCUT2D eigenvalue weighted by Crippen LogP contribution is 2.19. The van der Waals surface area contributed by atoms with Gasteiger partial charge in [0.25, 0.3) is 0 Å². The largest absolute Gasteiger partial charge is 0.384 e. The Balaban J connectivity index is 2.78. The molecule has 2 heteroatoms. The number of hydrogen-bond donors (Lipinski definition) is 0. The van der Waals surface area contributed by atoms with Gasteiger partial charge in [-0.25, -0.2) is 0 Å². The van der Waals surface area contributed by atoms with Gasteiger partial charge in [-0.2, -0.15) is 0 Å². The summed E-state index contributed by atoms with van der Waals surface area (Å²) in [7, 11) is 1.63. The molecule has 0 saturated carbocycles. The molecule has 0 aliphatic carbocycles. The van der Waals surface area contributed by atoms with Crippen molar-refractivity contribution in [1.29, 1.82) is 0 Å². The Morgan fingerprint density at radius 1 is 1.33 bits per heavy atom. The molecule has 0 radical (unpaired) electrons. The van der Waals surface area contributed by atoms with E-state index in [1.54, 1.807) is 7.11 Å². The Bertz CT molecular complexity index is 293. The molecule has 1 rings (SSSR count). The van der Waals surface area contributed by atoms with Crippen molar-refractivity contribution in [2.45, 2.75) is 25.7 Å². The first-order chi connectivity index (χ1) is 7.29. The summed E-state index contributed by atoms with van der Waals surface area (Å²) < 4.78 is 5.11. The summed E-state index contributed by atoms with van der Waals surface area (Å²) in [5, 5.41) is 0. The number of carbonyl (C=O) groups is 1. The van der Waals surface area contributed by atoms with Crippen molar-refractivity contribution < 1.29 is 9.53 Å². The van der Waals surface area contributed by atoms with Crippen molar-refractivity contribution in [3.05, 3.63) is 35.9 Å². The van der Waals surface area contributed by atoms with Crippen LogP contribution in [0.15, 0.2) is 30.3 Å². The zero-order valence-corrected chi connectivity index (χ0v) is 9.40. The molecule has 82 valence electrons. The van der Waals surface area contributed by atoms with E-state index < -0.39 is 0 Å². The Hall–Kier alpha value is -1.15. The predicted molar refractivity (Wildman–Crippen MR) is 61.0 cm³/mol. The molecular formula is C13H18O2. The molecule has 0 amide bonds. The third kappa shape index (κ3) is 3.48. The van der Waals surface area contributed by atoms with Crippen LogP contribution in [0.25, 0.3) is 0 Å². The zero-order valence-electron chi connectivity index (χ0n) is 9.40. The number of ketones is 1. The van der Waals surface area contributed by atoms with E-state index in [4.69, 9.17) is 4.74 Å². The van der Waals surface area contributed by atoms with E-state index in [1.165, 1.54) is 0 Å². The summed E-state index contributed by atoms with van der Waals surface area (Å²) >= 11 is 0. The molecule has 0 saturated heterocycles. The third-order valence-electron chi connectivity index (χ3n) is 2.42. The fourth-order valence-corrected chi connectivity index (χ4v) is 1.65. The Morgan fingerprint density at radius 2 is 2.00 bits per heavy atom. The highest BCUT2D eigenvalue weighted by atomic mass is 16.5. The van der Waals surface area contributed by atoms with Crippen LogP contribution < -0.4 is 0 Å². The van der Waals surface area contributed by atoms with Crippen LogP contribution in [-0.4, -0.2) is 19.5 Å². The SMILES string of the molecule is CCCC(=O)C(COC)c1ccccc1. The number of ether oxygens (including phenoxy) is 1. The molecule has 0 heterocycles. The van der Waals surface area contributed by atoms with Crippen LogP contribution in [0.4, 0.5) is 0 Å². The molecule has 2 nitrogen and oxygen atoms in total. The van der Waals surface area contributed by atoms with Gasteiger partial charge in [0.05, 0.1) is 12.5 Å². The average molecular weight is 206 g/mol. The molecular weight excluding hydrogens is 188 g/mol. The first kappa shape index (κ1) is 11.9.